The van der Waals surface area contributed by atoms with Crippen molar-refractivity contribution in [3.8, 4) is 0 Å². The number of carbonyl (C=O) groups excluding carboxylic acids is 2. The Balaban J connectivity index is 2.06. The van der Waals surface area contributed by atoms with Crippen molar-refractivity contribution in [2.75, 3.05) is 0 Å². The third kappa shape index (κ3) is 3.11. The molecule has 4 N–H and O–H groups in total. The summed E-state index contributed by atoms with van der Waals surface area (Å²) in [5.74, 6) is -2.49. The highest BCUT2D eigenvalue weighted by atomic mass is 32.1. The highest BCUT2D eigenvalue weighted by molar-refractivity contribution is 7.14. The van der Waals surface area contributed by atoms with Gasteiger partial charge in [-0.2, -0.15) is 0 Å². The molecule has 0 spiro atoms. The van der Waals surface area contributed by atoms with Crippen LogP contribution in [0, 0.1) is 0 Å². The minimum atomic E-state index is -1.28. The highest BCUT2D eigenvalue weighted by Crippen LogP contribution is 2.30. The Bertz CT molecular complexity index is 516. The zero-order chi connectivity index (χ0) is 14.0. The molecule has 1 aliphatic carbocycles. The van der Waals surface area contributed by atoms with Crippen LogP contribution in [0.15, 0.2) is 6.07 Å². The van der Waals surface area contributed by atoms with Gasteiger partial charge in [-0.15, -0.1) is 11.3 Å². The van der Waals surface area contributed by atoms with E-state index in [-0.39, 0.29) is 0 Å². The molecular formula is C12H14N2O4S. The summed E-state index contributed by atoms with van der Waals surface area (Å²) in [5.41, 5.74) is 6.12. The molecule has 0 radical (unpaired) electrons. The number of primary amides is 1. The number of fused-ring (bicyclic) bond motifs is 1. The van der Waals surface area contributed by atoms with E-state index in [9.17, 15) is 14.4 Å². The van der Waals surface area contributed by atoms with Crippen molar-refractivity contribution in [1.82, 2.24) is 5.32 Å². The van der Waals surface area contributed by atoms with Gasteiger partial charge in [0.1, 0.15) is 6.04 Å². The third-order valence-electron chi connectivity index (χ3n) is 2.98. The maximum Gasteiger partial charge on any atom is 0.326 e. The smallest absolute Gasteiger partial charge is 0.326 e. The van der Waals surface area contributed by atoms with Gasteiger partial charge in [0.05, 0.1) is 11.3 Å². The van der Waals surface area contributed by atoms with E-state index in [0.717, 1.165) is 24.8 Å². The van der Waals surface area contributed by atoms with Gasteiger partial charge in [0.15, 0.2) is 0 Å². The quantitative estimate of drug-likeness (QED) is 0.721. The number of carbonyl (C=O) groups is 3. The first-order valence-electron chi connectivity index (χ1n) is 5.91. The van der Waals surface area contributed by atoms with Crippen LogP contribution in [0.5, 0.6) is 0 Å². The Labute approximate surface area is 113 Å². The van der Waals surface area contributed by atoms with E-state index >= 15 is 0 Å². The molecule has 0 aromatic carbocycles. The summed E-state index contributed by atoms with van der Waals surface area (Å²) in [6.45, 7) is 0. The maximum absolute atomic E-state index is 11.9. The number of nitrogens with one attached hydrogen (secondary N) is 1. The van der Waals surface area contributed by atoms with Crippen LogP contribution in [0.1, 0.15) is 33.0 Å². The van der Waals surface area contributed by atoms with Crippen molar-refractivity contribution in [3.05, 3.63) is 21.4 Å². The molecule has 7 heteroatoms. The minimum absolute atomic E-state index is 0.411. The summed E-state index contributed by atoms with van der Waals surface area (Å²) in [4.78, 5) is 35.3. The number of thiophene rings is 1. The van der Waals surface area contributed by atoms with Gasteiger partial charge in [0.25, 0.3) is 5.91 Å². The molecule has 19 heavy (non-hydrogen) atoms. The molecule has 0 saturated heterocycles. The van der Waals surface area contributed by atoms with Gasteiger partial charge >= 0.3 is 5.97 Å². The molecule has 1 heterocycles. The van der Waals surface area contributed by atoms with Crippen molar-refractivity contribution in [1.29, 1.82) is 0 Å². The van der Waals surface area contributed by atoms with Crippen LogP contribution in [0.3, 0.4) is 0 Å². The minimum Gasteiger partial charge on any atom is -0.480 e. The van der Waals surface area contributed by atoms with Gasteiger partial charge in [-0.1, -0.05) is 0 Å². The average molecular weight is 282 g/mol. The van der Waals surface area contributed by atoms with E-state index in [2.05, 4.69) is 5.32 Å². The lowest BCUT2D eigenvalue weighted by atomic mass is 10.2. The summed E-state index contributed by atoms with van der Waals surface area (Å²) >= 11 is 1.38. The predicted octanol–water partition coefficient (Wildman–Crippen LogP) is 0.295. The van der Waals surface area contributed by atoms with Gasteiger partial charge in [0.2, 0.25) is 5.91 Å². The third-order valence-corrected chi connectivity index (χ3v) is 4.21. The molecule has 0 aliphatic heterocycles. The van der Waals surface area contributed by atoms with E-state index in [4.69, 9.17) is 10.8 Å². The molecule has 1 aromatic heterocycles. The summed E-state index contributed by atoms with van der Waals surface area (Å²) in [5, 5.41) is 11.2. The predicted molar refractivity (Wildman–Crippen MR) is 69.0 cm³/mol. The standard InChI is InChI=1S/C12H14N2O4S/c13-10(15)5-7(12(17)18)14-11(16)9-4-6-2-1-3-8(6)19-9/h4,7H,1-3,5H2,(H2,13,15)(H,14,16)(H,17,18). The molecule has 1 unspecified atom stereocenters. The van der Waals surface area contributed by atoms with Crippen LogP contribution >= 0.6 is 11.3 Å². The number of nitrogens with two attached hydrogens (primary N) is 1. The molecule has 6 nitrogen and oxygen atoms in total. The molecular weight excluding hydrogens is 268 g/mol. The van der Waals surface area contributed by atoms with E-state index in [1.807, 2.05) is 0 Å². The SMILES string of the molecule is NC(=O)CC(NC(=O)c1cc2c(s1)CCC2)C(=O)O. The lowest BCUT2D eigenvalue weighted by Gasteiger charge is -2.11. The first kappa shape index (κ1) is 13.5. The normalized spacial score (nSPS) is 14.7. The molecule has 0 fully saturated rings. The average Bonchev–Trinajstić information content (AvgIpc) is 2.86. The first-order valence-corrected chi connectivity index (χ1v) is 6.72. The van der Waals surface area contributed by atoms with E-state index in [1.165, 1.54) is 16.2 Å². The zero-order valence-corrected chi connectivity index (χ0v) is 11.0. The Morgan fingerprint density at radius 3 is 2.74 bits per heavy atom. The molecule has 2 amide bonds. The second kappa shape index (κ2) is 5.40. The summed E-state index contributed by atoms with van der Waals surface area (Å²) in [7, 11) is 0. The van der Waals surface area contributed by atoms with E-state index in [0.29, 0.717) is 4.88 Å². The van der Waals surface area contributed by atoms with Gasteiger partial charge in [0, 0.05) is 4.88 Å². The largest absolute Gasteiger partial charge is 0.480 e. The molecule has 0 bridgehead atoms. The monoisotopic (exact) mass is 282 g/mol. The number of carboxylic acid groups (broad SMARTS) is 1. The molecule has 2 rings (SSSR count). The Morgan fingerprint density at radius 1 is 1.42 bits per heavy atom. The van der Waals surface area contributed by atoms with E-state index in [1.54, 1.807) is 6.07 Å². The number of aryl methyl sites for hydroxylation is 2. The van der Waals surface area contributed by atoms with Gasteiger partial charge in [-0.3, -0.25) is 9.59 Å². The molecule has 1 aromatic rings. The van der Waals surface area contributed by atoms with Crippen molar-refractivity contribution in [2.45, 2.75) is 31.7 Å². The number of amides is 2. The number of rotatable bonds is 5. The maximum atomic E-state index is 11.9. The second-order valence-electron chi connectivity index (χ2n) is 4.45. The van der Waals surface area contributed by atoms with Crippen molar-refractivity contribution in [2.24, 2.45) is 5.73 Å². The molecule has 0 saturated carbocycles. The lowest BCUT2D eigenvalue weighted by molar-refractivity contribution is -0.140. The number of carboxylic acids is 1. The van der Waals surface area contributed by atoms with Crippen LogP contribution in [-0.4, -0.2) is 28.9 Å². The van der Waals surface area contributed by atoms with Gasteiger partial charge < -0.3 is 16.2 Å². The van der Waals surface area contributed by atoms with Crippen molar-refractivity contribution >= 4 is 29.1 Å². The van der Waals surface area contributed by atoms with Gasteiger partial charge in [-0.25, -0.2) is 4.79 Å². The van der Waals surface area contributed by atoms with Crippen LogP contribution in [0.2, 0.25) is 0 Å². The first-order chi connectivity index (χ1) is 8.97. The number of hydrogen-bond acceptors (Lipinski definition) is 4. The number of aliphatic carboxylic acids is 1. The van der Waals surface area contributed by atoms with Crippen molar-refractivity contribution in [3.63, 3.8) is 0 Å². The van der Waals surface area contributed by atoms with E-state index < -0.39 is 30.2 Å². The fraction of sp³-hybridized carbons (Fsp3) is 0.417. The van der Waals surface area contributed by atoms with Crippen LogP contribution < -0.4 is 11.1 Å². The van der Waals surface area contributed by atoms with Crippen LogP contribution in [0.4, 0.5) is 0 Å². The Kier molecular flexibility index (Phi) is 3.84. The second-order valence-corrected chi connectivity index (χ2v) is 5.58. The van der Waals surface area contributed by atoms with Crippen LogP contribution in [0.25, 0.3) is 0 Å². The van der Waals surface area contributed by atoms with Crippen molar-refractivity contribution < 1.29 is 19.5 Å². The lowest BCUT2D eigenvalue weighted by Crippen LogP contribution is -2.43. The topological polar surface area (TPSA) is 109 Å². The fourth-order valence-electron chi connectivity index (χ4n) is 2.07. The highest BCUT2D eigenvalue weighted by Gasteiger charge is 2.25. The summed E-state index contributed by atoms with van der Waals surface area (Å²) < 4.78 is 0. The number of hydrogen-bond donors (Lipinski definition) is 3. The summed E-state index contributed by atoms with van der Waals surface area (Å²) in [6, 6.07) is 0.521. The fourth-order valence-corrected chi connectivity index (χ4v) is 3.23. The van der Waals surface area contributed by atoms with Gasteiger partial charge in [-0.05, 0) is 30.9 Å². The zero-order valence-electron chi connectivity index (χ0n) is 10.1. The molecule has 1 aliphatic rings. The Hall–Kier alpha value is -1.89. The van der Waals surface area contributed by atoms with Crippen LogP contribution in [-0.2, 0) is 22.4 Å². The molecule has 1 atom stereocenters. The Morgan fingerprint density at radius 2 is 2.16 bits per heavy atom. The molecule has 102 valence electrons. The summed E-state index contributed by atoms with van der Waals surface area (Å²) in [6.07, 6.45) is 2.62.